The molecule has 1 aliphatic carbocycles. The van der Waals surface area contributed by atoms with E-state index < -0.39 is 5.60 Å². The number of hydrogen-bond acceptors (Lipinski definition) is 2. The Labute approximate surface area is 96.9 Å². The predicted octanol–water partition coefficient (Wildman–Crippen LogP) is 2.46. The monoisotopic (exact) mass is 220 g/mol. The highest BCUT2D eigenvalue weighted by Crippen LogP contribution is 2.35. The molecule has 0 bridgehead atoms. The van der Waals surface area contributed by atoms with Crippen molar-refractivity contribution in [3.63, 3.8) is 0 Å². The summed E-state index contributed by atoms with van der Waals surface area (Å²) in [6.45, 7) is 1.82. The van der Waals surface area contributed by atoms with Gasteiger partial charge in [0.1, 0.15) is 0 Å². The highest BCUT2D eigenvalue weighted by molar-refractivity contribution is 5.20. The Morgan fingerprint density at radius 2 is 1.94 bits per heavy atom. The smallest absolute Gasteiger partial charge is 0.0644 e. The Kier molecular flexibility index (Phi) is 3.31. The first kappa shape index (κ1) is 11.6. The fourth-order valence-corrected chi connectivity index (χ4v) is 2.65. The van der Waals surface area contributed by atoms with E-state index in [-0.39, 0.29) is 6.10 Å². The van der Waals surface area contributed by atoms with Gasteiger partial charge in [-0.2, -0.15) is 0 Å². The summed E-state index contributed by atoms with van der Waals surface area (Å²) >= 11 is 0. The Morgan fingerprint density at radius 3 is 2.62 bits per heavy atom. The maximum Gasteiger partial charge on any atom is 0.0644 e. The lowest BCUT2D eigenvalue weighted by Gasteiger charge is -2.22. The lowest BCUT2D eigenvalue weighted by atomic mass is 9.90. The van der Waals surface area contributed by atoms with Gasteiger partial charge in [-0.1, -0.05) is 30.3 Å². The van der Waals surface area contributed by atoms with Crippen molar-refractivity contribution < 1.29 is 10.2 Å². The first-order valence-electron chi connectivity index (χ1n) is 6.02. The number of rotatable bonds is 1. The molecule has 1 aromatic carbocycles. The van der Waals surface area contributed by atoms with Gasteiger partial charge in [0.2, 0.25) is 0 Å². The van der Waals surface area contributed by atoms with Crippen LogP contribution in [0.5, 0.6) is 0 Å². The Balaban J connectivity index is 2.13. The Bertz CT molecular complexity index is 332. The highest BCUT2D eigenvalue weighted by Gasteiger charge is 2.31. The van der Waals surface area contributed by atoms with Crippen molar-refractivity contribution in [3.05, 3.63) is 35.9 Å². The van der Waals surface area contributed by atoms with E-state index in [0.717, 1.165) is 19.3 Å². The molecule has 0 heterocycles. The van der Waals surface area contributed by atoms with Crippen LogP contribution in [0.1, 0.15) is 44.1 Å². The maximum absolute atomic E-state index is 10.0. The third-order valence-electron chi connectivity index (χ3n) is 3.53. The van der Waals surface area contributed by atoms with Gasteiger partial charge in [0.05, 0.1) is 11.7 Å². The summed E-state index contributed by atoms with van der Waals surface area (Å²) in [4.78, 5) is 0. The molecule has 3 atom stereocenters. The van der Waals surface area contributed by atoms with Crippen molar-refractivity contribution in [1.82, 2.24) is 0 Å². The van der Waals surface area contributed by atoms with Crippen LogP contribution < -0.4 is 0 Å². The van der Waals surface area contributed by atoms with E-state index in [9.17, 15) is 10.2 Å². The van der Waals surface area contributed by atoms with Crippen molar-refractivity contribution in [1.29, 1.82) is 0 Å². The zero-order valence-electron chi connectivity index (χ0n) is 9.76. The third kappa shape index (κ3) is 2.83. The van der Waals surface area contributed by atoms with Gasteiger partial charge in [-0.25, -0.2) is 0 Å². The summed E-state index contributed by atoms with van der Waals surface area (Å²) in [5.41, 5.74) is 0.572. The summed E-state index contributed by atoms with van der Waals surface area (Å²) < 4.78 is 0. The van der Waals surface area contributed by atoms with Gasteiger partial charge in [0.25, 0.3) is 0 Å². The summed E-state index contributed by atoms with van der Waals surface area (Å²) in [5.74, 6) is 0.380. The van der Waals surface area contributed by atoms with Crippen molar-refractivity contribution in [2.75, 3.05) is 0 Å². The van der Waals surface area contributed by atoms with Crippen LogP contribution in [0.25, 0.3) is 0 Å². The summed E-state index contributed by atoms with van der Waals surface area (Å²) in [7, 11) is 0. The maximum atomic E-state index is 10.0. The molecule has 2 N–H and O–H groups in total. The van der Waals surface area contributed by atoms with Crippen molar-refractivity contribution in [3.8, 4) is 0 Å². The molecule has 1 aromatic rings. The molecule has 0 amide bonds. The molecule has 1 fully saturated rings. The van der Waals surface area contributed by atoms with Crippen molar-refractivity contribution in [2.24, 2.45) is 0 Å². The zero-order valence-corrected chi connectivity index (χ0v) is 9.76. The van der Waals surface area contributed by atoms with Crippen LogP contribution in [0, 0.1) is 0 Å². The van der Waals surface area contributed by atoms with Crippen molar-refractivity contribution in [2.45, 2.75) is 50.2 Å². The van der Waals surface area contributed by atoms with Gasteiger partial charge >= 0.3 is 0 Å². The van der Waals surface area contributed by atoms with Crippen LogP contribution in [0.15, 0.2) is 30.3 Å². The molecule has 16 heavy (non-hydrogen) atoms. The van der Waals surface area contributed by atoms with Gasteiger partial charge in [0.15, 0.2) is 0 Å². The van der Waals surface area contributed by atoms with Gasteiger partial charge in [-0.15, -0.1) is 0 Å². The van der Waals surface area contributed by atoms with E-state index in [2.05, 4.69) is 12.1 Å². The van der Waals surface area contributed by atoms with E-state index in [4.69, 9.17) is 0 Å². The molecule has 1 aliphatic rings. The van der Waals surface area contributed by atoms with Gasteiger partial charge in [-0.3, -0.25) is 0 Å². The molecule has 2 heteroatoms. The lowest BCUT2D eigenvalue weighted by molar-refractivity contribution is 0.00628. The van der Waals surface area contributed by atoms with E-state index in [0.29, 0.717) is 12.3 Å². The molecule has 0 saturated heterocycles. The van der Waals surface area contributed by atoms with E-state index >= 15 is 0 Å². The molecule has 0 spiro atoms. The lowest BCUT2D eigenvalue weighted by Crippen LogP contribution is -2.27. The van der Waals surface area contributed by atoms with Gasteiger partial charge in [-0.05, 0) is 37.7 Å². The normalized spacial score (nSPS) is 35.7. The second-order valence-corrected chi connectivity index (χ2v) is 5.24. The highest BCUT2D eigenvalue weighted by atomic mass is 16.3. The number of benzene rings is 1. The SMILES string of the molecule is CC1(O)CCC(c2ccccc2)CC(O)C1. The average Bonchev–Trinajstić information content (AvgIpc) is 2.37. The second-order valence-electron chi connectivity index (χ2n) is 5.24. The quantitative estimate of drug-likeness (QED) is 0.714. The molecule has 0 radical (unpaired) electrons. The van der Waals surface area contributed by atoms with Crippen LogP contribution in [0.2, 0.25) is 0 Å². The minimum absolute atomic E-state index is 0.380. The minimum atomic E-state index is -0.705. The summed E-state index contributed by atoms with van der Waals surface area (Å²) in [6, 6.07) is 10.3. The first-order valence-corrected chi connectivity index (χ1v) is 6.02. The molecule has 0 aliphatic heterocycles. The number of aliphatic hydroxyl groups excluding tert-OH is 1. The topological polar surface area (TPSA) is 40.5 Å². The zero-order chi connectivity index (χ0) is 11.6. The first-order chi connectivity index (χ1) is 7.57. The largest absolute Gasteiger partial charge is 0.393 e. The number of hydrogen-bond donors (Lipinski definition) is 2. The molecule has 0 aromatic heterocycles. The fraction of sp³-hybridized carbons (Fsp3) is 0.571. The molecule has 2 nitrogen and oxygen atoms in total. The molecule has 3 unspecified atom stereocenters. The van der Waals surface area contributed by atoms with Crippen LogP contribution in [-0.2, 0) is 0 Å². The van der Waals surface area contributed by atoms with Crippen LogP contribution in [0.4, 0.5) is 0 Å². The standard InChI is InChI=1S/C14H20O2/c1-14(16)8-7-12(9-13(15)10-14)11-5-3-2-4-6-11/h2-6,12-13,15-16H,7-10H2,1H3. The Hall–Kier alpha value is -0.860. The fourth-order valence-electron chi connectivity index (χ4n) is 2.65. The minimum Gasteiger partial charge on any atom is -0.393 e. The van der Waals surface area contributed by atoms with Gasteiger partial charge < -0.3 is 10.2 Å². The number of aliphatic hydroxyl groups is 2. The van der Waals surface area contributed by atoms with Crippen LogP contribution in [0.3, 0.4) is 0 Å². The molecular weight excluding hydrogens is 200 g/mol. The van der Waals surface area contributed by atoms with Crippen LogP contribution >= 0.6 is 0 Å². The molecule has 1 saturated carbocycles. The molecular formula is C14H20O2. The Morgan fingerprint density at radius 1 is 1.25 bits per heavy atom. The molecule has 2 rings (SSSR count). The van der Waals surface area contributed by atoms with Crippen molar-refractivity contribution >= 4 is 0 Å². The van der Waals surface area contributed by atoms with E-state index in [1.165, 1.54) is 5.56 Å². The second kappa shape index (κ2) is 4.56. The third-order valence-corrected chi connectivity index (χ3v) is 3.53. The summed E-state index contributed by atoms with van der Waals surface area (Å²) in [6.07, 6.45) is 2.59. The van der Waals surface area contributed by atoms with Gasteiger partial charge in [0, 0.05) is 6.42 Å². The summed E-state index contributed by atoms with van der Waals surface area (Å²) in [5, 5.41) is 19.9. The van der Waals surface area contributed by atoms with E-state index in [1.54, 1.807) is 0 Å². The average molecular weight is 220 g/mol. The molecule has 88 valence electrons. The van der Waals surface area contributed by atoms with Crippen LogP contribution in [-0.4, -0.2) is 21.9 Å². The van der Waals surface area contributed by atoms with E-state index in [1.807, 2.05) is 25.1 Å². The predicted molar refractivity (Wildman–Crippen MR) is 64.3 cm³/mol.